The molecule has 0 radical (unpaired) electrons. The lowest BCUT2D eigenvalue weighted by atomic mass is 10.1. The largest absolute Gasteiger partial charge is 0.497 e. The third-order valence-electron chi connectivity index (χ3n) is 2.95. The molecular weight excluding hydrogens is 318 g/mol. The molecule has 0 aromatic heterocycles. The van der Waals surface area contributed by atoms with Crippen molar-refractivity contribution in [1.29, 1.82) is 0 Å². The van der Waals surface area contributed by atoms with Crippen LogP contribution in [0.5, 0.6) is 5.75 Å². The van der Waals surface area contributed by atoms with Crippen molar-refractivity contribution in [1.82, 2.24) is 10.6 Å². The van der Waals surface area contributed by atoms with Gasteiger partial charge in [-0.1, -0.05) is 23.7 Å². The zero-order valence-electron chi connectivity index (χ0n) is 13.2. The Labute approximate surface area is 142 Å². The average molecular weight is 342 g/mol. The number of thioether (sulfide) groups is 1. The van der Waals surface area contributed by atoms with Crippen molar-refractivity contribution in [2.24, 2.45) is 4.99 Å². The van der Waals surface area contributed by atoms with Crippen molar-refractivity contribution in [3.05, 3.63) is 41.4 Å². The van der Waals surface area contributed by atoms with Gasteiger partial charge in [0.15, 0.2) is 5.96 Å². The monoisotopic (exact) mass is 341 g/mol. The first-order valence-electron chi connectivity index (χ1n) is 7.16. The van der Waals surface area contributed by atoms with Gasteiger partial charge in [0.05, 0.1) is 7.11 Å². The van der Waals surface area contributed by atoms with E-state index in [-0.39, 0.29) is 0 Å². The molecule has 22 heavy (non-hydrogen) atoms. The molecule has 0 aliphatic carbocycles. The number of aliphatic imine (C=N–C) groups is 1. The number of hydrogen-bond acceptors (Lipinski definition) is 3. The van der Waals surface area contributed by atoms with Gasteiger partial charge in [-0.2, -0.15) is 11.8 Å². The number of methoxy groups -OCH3 is 1. The second kappa shape index (κ2) is 11.3. The van der Waals surface area contributed by atoms with Crippen molar-refractivity contribution < 1.29 is 4.74 Å². The van der Waals surface area contributed by atoms with E-state index in [0.717, 1.165) is 53.3 Å². The maximum atomic E-state index is 6.22. The molecule has 4 nitrogen and oxygen atoms in total. The number of guanidine groups is 1. The quantitative estimate of drug-likeness (QED) is 0.314. The summed E-state index contributed by atoms with van der Waals surface area (Å²) >= 11 is 8.06. The van der Waals surface area contributed by atoms with Gasteiger partial charge in [0, 0.05) is 36.7 Å². The zero-order valence-corrected chi connectivity index (χ0v) is 14.8. The van der Waals surface area contributed by atoms with E-state index in [1.807, 2.05) is 36.0 Å². The number of nitrogens with one attached hydrogen (secondary N) is 2. The van der Waals surface area contributed by atoms with E-state index in [0.29, 0.717) is 0 Å². The van der Waals surface area contributed by atoms with Crippen LogP contribution < -0.4 is 15.4 Å². The van der Waals surface area contributed by atoms with Crippen LogP contribution >= 0.6 is 23.4 Å². The first kappa shape index (κ1) is 18.7. The molecule has 0 saturated heterocycles. The van der Waals surface area contributed by atoms with E-state index >= 15 is 0 Å². The van der Waals surface area contributed by atoms with Crippen molar-refractivity contribution >= 4 is 29.3 Å². The highest BCUT2D eigenvalue weighted by molar-refractivity contribution is 7.99. The van der Waals surface area contributed by atoms with Crippen LogP contribution in [-0.2, 0) is 6.42 Å². The standard InChI is InChI=1S/C16H24ClN3OS/c1-4-10-22-11-9-20-16(18-2)19-8-7-13-5-6-14(21-3)12-15(13)17/h4-6,12H,1,7-11H2,2-3H3,(H2,18,19,20). The summed E-state index contributed by atoms with van der Waals surface area (Å²) in [4.78, 5) is 4.20. The highest BCUT2D eigenvalue weighted by Gasteiger charge is 2.03. The lowest BCUT2D eigenvalue weighted by Gasteiger charge is -2.12. The van der Waals surface area contributed by atoms with Crippen molar-refractivity contribution in [2.45, 2.75) is 6.42 Å². The molecule has 2 N–H and O–H groups in total. The van der Waals surface area contributed by atoms with Crippen molar-refractivity contribution in [3.63, 3.8) is 0 Å². The Morgan fingerprint density at radius 3 is 2.82 bits per heavy atom. The zero-order chi connectivity index (χ0) is 16.2. The molecule has 0 saturated carbocycles. The first-order chi connectivity index (χ1) is 10.7. The Bertz CT molecular complexity index is 494. The van der Waals surface area contributed by atoms with Gasteiger partial charge in [-0.15, -0.1) is 6.58 Å². The van der Waals surface area contributed by atoms with Crippen LogP contribution in [0, 0.1) is 0 Å². The Hall–Kier alpha value is -1.33. The minimum atomic E-state index is 0.727. The minimum Gasteiger partial charge on any atom is -0.497 e. The molecular formula is C16H24ClN3OS. The van der Waals surface area contributed by atoms with E-state index in [2.05, 4.69) is 22.2 Å². The molecule has 0 aliphatic rings. The summed E-state index contributed by atoms with van der Waals surface area (Å²) in [6.45, 7) is 5.35. The fraction of sp³-hybridized carbons (Fsp3) is 0.438. The number of rotatable bonds is 9. The smallest absolute Gasteiger partial charge is 0.191 e. The average Bonchev–Trinajstić information content (AvgIpc) is 2.54. The van der Waals surface area contributed by atoms with Crippen molar-refractivity contribution in [2.75, 3.05) is 38.8 Å². The molecule has 0 atom stereocenters. The molecule has 0 amide bonds. The molecule has 0 fully saturated rings. The second-order valence-electron chi connectivity index (χ2n) is 4.50. The summed E-state index contributed by atoms with van der Waals surface area (Å²) in [5.74, 6) is 3.58. The van der Waals surface area contributed by atoms with Gasteiger partial charge >= 0.3 is 0 Å². The number of halogens is 1. The van der Waals surface area contributed by atoms with Crippen LogP contribution in [0.4, 0.5) is 0 Å². The van der Waals surface area contributed by atoms with E-state index in [4.69, 9.17) is 16.3 Å². The number of nitrogens with zero attached hydrogens (tertiary/aromatic N) is 1. The normalized spacial score (nSPS) is 11.1. The summed E-state index contributed by atoms with van der Waals surface area (Å²) in [7, 11) is 3.41. The third-order valence-corrected chi connectivity index (χ3v) is 4.26. The summed E-state index contributed by atoms with van der Waals surface area (Å²) in [5.41, 5.74) is 1.09. The number of ether oxygens (including phenoxy) is 1. The third kappa shape index (κ3) is 7.09. The van der Waals surface area contributed by atoms with Crippen LogP contribution in [0.15, 0.2) is 35.8 Å². The van der Waals surface area contributed by atoms with E-state index in [9.17, 15) is 0 Å². The lowest BCUT2D eigenvalue weighted by Crippen LogP contribution is -2.39. The molecule has 1 aromatic carbocycles. The van der Waals surface area contributed by atoms with Crippen LogP contribution in [0.3, 0.4) is 0 Å². The molecule has 0 aliphatic heterocycles. The van der Waals surface area contributed by atoms with E-state index in [1.54, 1.807) is 14.2 Å². The maximum Gasteiger partial charge on any atom is 0.191 e. The predicted octanol–water partition coefficient (Wildman–Crippen LogP) is 2.98. The molecule has 122 valence electrons. The number of hydrogen-bond donors (Lipinski definition) is 2. The topological polar surface area (TPSA) is 45.7 Å². The molecule has 6 heteroatoms. The van der Waals surface area contributed by atoms with Gasteiger partial charge in [-0.05, 0) is 24.1 Å². The molecule has 0 unspecified atom stereocenters. The molecule has 0 bridgehead atoms. The first-order valence-corrected chi connectivity index (χ1v) is 8.70. The summed E-state index contributed by atoms with van der Waals surface area (Å²) < 4.78 is 5.15. The summed E-state index contributed by atoms with van der Waals surface area (Å²) in [6.07, 6.45) is 2.74. The van der Waals surface area contributed by atoms with E-state index in [1.165, 1.54) is 0 Å². The Balaban J connectivity index is 2.30. The Morgan fingerprint density at radius 2 is 2.18 bits per heavy atom. The predicted molar refractivity (Wildman–Crippen MR) is 98.6 cm³/mol. The van der Waals surface area contributed by atoms with Crippen LogP contribution in [-0.4, -0.2) is 44.7 Å². The minimum absolute atomic E-state index is 0.727. The Morgan fingerprint density at radius 1 is 1.41 bits per heavy atom. The fourth-order valence-corrected chi connectivity index (χ4v) is 2.65. The highest BCUT2D eigenvalue weighted by atomic mass is 35.5. The molecule has 0 heterocycles. The molecule has 1 rings (SSSR count). The number of benzene rings is 1. The van der Waals surface area contributed by atoms with Crippen LogP contribution in [0.1, 0.15) is 5.56 Å². The lowest BCUT2D eigenvalue weighted by molar-refractivity contribution is 0.414. The van der Waals surface area contributed by atoms with Crippen LogP contribution in [0.2, 0.25) is 5.02 Å². The maximum absolute atomic E-state index is 6.22. The molecule has 0 spiro atoms. The van der Waals surface area contributed by atoms with Gasteiger partial charge in [-0.25, -0.2) is 0 Å². The highest BCUT2D eigenvalue weighted by Crippen LogP contribution is 2.22. The van der Waals surface area contributed by atoms with Crippen LogP contribution in [0.25, 0.3) is 0 Å². The fourth-order valence-electron chi connectivity index (χ4n) is 1.80. The Kier molecular flexibility index (Phi) is 9.59. The summed E-state index contributed by atoms with van der Waals surface area (Å²) in [5, 5.41) is 7.29. The van der Waals surface area contributed by atoms with E-state index < -0.39 is 0 Å². The van der Waals surface area contributed by atoms with Gasteiger partial charge in [-0.3, -0.25) is 4.99 Å². The van der Waals surface area contributed by atoms with Gasteiger partial charge in [0.25, 0.3) is 0 Å². The summed E-state index contributed by atoms with van der Waals surface area (Å²) in [6, 6.07) is 5.75. The second-order valence-corrected chi connectivity index (χ2v) is 6.05. The van der Waals surface area contributed by atoms with Gasteiger partial charge in [0.1, 0.15) is 5.75 Å². The van der Waals surface area contributed by atoms with Crippen molar-refractivity contribution in [3.8, 4) is 5.75 Å². The van der Waals surface area contributed by atoms with Gasteiger partial charge < -0.3 is 15.4 Å². The SMILES string of the molecule is C=CCSCCNC(=NC)NCCc1ccc(OC)cc1Cl. The molecule has 1 aromatic rings. The van der Waals surface area contributed by atoms with Gasteiger partial charge in [0.2, 0.25) is 0 Å².